The molecule has 21 heavy (non-hydrogen) atoms. The standard InChI is InChI=1S/C18H21BrFN/c1-3-10-21-18(16-6-4-5-7-17(16)19)12-14-11-15(20)9-8-13(14)2/h4-9,11,18,21H,3,10,12H2,1-2H3. The highest BCUT2D eigenvalue weighted by atomic mass is 79.9. The first-order chi connectivity index (χ1) is 10.1. The lowest BCUT2D eigenvalue weighted by molar-refractivity contribution is 0.524. The van der Waals surface area contributed by atoms with Crippen LogP contribution in [-0.2, 0) is 6.42 Å². The third kappa shape index (κ3) is 4.39. The van der Waals surface area contributed by atoms with Crippen LogP contribution >= 0.6 is 15.9 Å². The van der Waals surface area contributed by atoms with Gasteiger partial charge in [-0.1, -0.05) is 47.1 Å². The molecule has 0 aliphatic carbocycles. The molecule has 0 aromatic heterocycles. The van der Waals surface area contributed by atoms with E-state index in [2.05, 4.69) is 34.2 Å². The Balaban J connectivity index is 2.28. The molecule has 3 heteroatoms. The van der Waals surface area contributed by atoms with Crippen LogP contribution in [0.2, 0.25) is 0 Å². The maximum atomic E-state index is 13.5. The minimum Gasteiger partial charge on any atom is -0.310 e. The van der Waals surface area contributed by atoms with E-state index in [9.17, 15) is 4.39 Å². The second kappa shape index (κ2) is 7.71. The summed E-state index contributed by atoms with van der Waals surface area (Å²) in [6.45, 7) is 5.13. The molecule has 0 saturated heterocycles. The molecule has 0 heterocycles. The summed E-state index contributed by atoms with van der Waals surface area (Å²) in [6.07, 6.45) is 1.86. The first-order valence-corrected chi connectivity index (χ1v) is 8.14. The van der Waals surface area contributed by atoms with Crippen molar-refractivity contribution < 1.29 is 4.39 Å². The fourth-order valence-electron chi connectivity index (χ4n) is 2.45. The molecular formula is C18H21BrFN. The largest absolute Gasteiger partial charge is 0.310 e. The van der Waals surface area contributed by atoms with Crippen molar-refractivity contribution in [2.45, 2.75) is 32.7 Å². The number of benzene rings is 2. The molecule has 1 N–H and O–H groups in total. The van der Waals surface area contributed by atoms with E-state index in [4.69, 9.17) is 0 Å². The number of halogens is 2. The minimum absolute atomic E-state index is 0.169. The second-order valence-corrected chi connectivity index (χ2v) is 6.16. The fourth-order valence-corrected chi connectivity index (χ4v) is 3.01. The highest BCUT2D eigenvalue weighted by Gasteiger charge is 2.15. The highest BCUT2D eigenvalue weighted by Crippen LogP contribution is 2.27. The van der Waals surface area contributed by atoms with Crippen molar-refractivity contribution in [2.24, 2.45) is 0 Å². The molecule has 2 rings (SSSR count). The van der Waals surface area contributed by atoms with Gasteiger partial charge in [0.2, 0.25) is 0 Å². The SMILES string of the molecule is CCCNC(Cc1cc(F)ccc1C)c1ccccc1Br. The van der Waals surface area contributed by atoms with Gasteiger partial charge in [0, 0.05) is 10.5 Å². The van der Waals surface area contributed by atoms with Crippen molar-refractivity contribution in [1.82, 2.24) is 5.32 Å². The molecule has 112 valence electrons. The average molecular weight is 350 g/mol. The Hall–Kier alpha value is -1.19. The van der Waals surface area contributed by atoms with Crippen molar-refractivity contribution in [2.75, 3.05) is 6.54 Å². The summed E-state index contributed by atoms with van der Waals surface area (Å²) in [5.74, 6) is -0.169. The molecule has 0 saturated carbocycles. The lowest BCUT2D eigenvalue weighted by atomic mass is 9.96. The lowest BCUT2D eigenvalue weighted by Gasteiger charge is -2.21. The van der Waals surface area contributed by atoms with Crippen LogP contribution in [0.3, 0.4) is 0 Å². The van der Waals surface area contributed by atoms with Gasteiger partial charge in [-0.3, -0.25) is 0 Å². The topological polar surface area (TPSA) is 12.0 Å². The van der Waals surface area contributed by atoms with E-state index in [1.165, 1.54) is 11.6 Å². The van der Waals surface area contributed by atoms with Gasteiger partial charge in [-0.05, 0) is 61.2 Å². The van der Waals surface area contributed by atoms with E-state index in [-0.39, 0.29) is 11.9 Å². The Bertz CT molecular complexity index is 598. The average Bonchev–Trinajstić information content (AvgIpc) is 2.48. The summed E-state index contributed by atoms with van der Waals surface area (Å²) in [4.78, 5) is 0. The van der Waals surface area contributed by atoms with Crippen molar-refractivity contribution in [3.63, 3.8) is 0 Å². The zero-order valence-electron chi connectivity index (χ0n) is 12.5. The van der Waals surface area contributed by atoms with Gasteiger partial charge in [-0.25, -0.2) is 4.39 Å². The number of nitrogens with one attached hydrogen (secondary N) is 1. The molecule has 0 bridgehead atoms. The number of aryl methyl sites for hydroxylation is 1. The van der Waals surface area contributed by atoms with E-state index in [0.29, 0.717) is 0 Å². The highest BCUT2D eigenvalue weighted by molar-refractivity contribution is 9.10. The Labute approximate surface area is 134 Å². The van der Waals surface area contributed by atoms with Crippen LogP contribution < -0.4 is 5.32 Å². The Kier molecular flexibility index (Phi) is 5.95. The maximum absolute atomic E-state index is 13.5. The maximum Gasteiger partial charge on any atom is 0.123 e. The first kappa shape index (κ1) is 16.2. The van der Waals surface area contributed by atoms with E-state index in [1.54, 1.807) is 6.07 Å². The third-order valence-electron chi connectivity index (χ3n) is 3.66. The zero-order valence-corrected chi connectivity index (χ0v) is 14.1. The number of hydrogen-bond donors (Lipinski definition) is 1. The van der Waals surface area contributed by atoms with Crippen molar-refractivity contribution >= 4 is 15.9 Å². The zero-order chi connectivity index (χ0) is 15.2. The van der Waals surface area contributed by atoms with E-state index >= 15 is 0 Å². The number of hydrogen-bond acceptors (Lipinski definition) is 1. The van der Waals surface area contributed by atoms with Gasteiger partial charge >= 0.3 is 0 Å². The van der Waals surface area contributed by atoms with Crippen LogP contribution in [0.4, 0.5) is 4.39 Å². The van der Waals surface area contributed by atoms with Crippen molar-refractivity contribution in [1.29, 1.82) is 0 Å². The first-order valence-electron chi connectivity index (χ1n) is 7.34. The smallest absolute Gasteiger partial charge is 0.123 e. The molecule has 0 amide bonds. The monoisotopic (exact) mass is 349 g/mol. The number of rotatable bonds is 6. The molecule has 2 aromatic carbocycles. The van der Waals surface area contributed by atoms with Crippen molar-refractivity contribution in [3.05, 3.63) is 69.4 Å². The van der Waals surface area contributed by atoms with Crippen LogP contribution in [0.5, 0.6) is 0 Å². The summed E-state index contributed by atoms with van der Waals surface area (Å²) in [5, 5.41) is 3.57. The Morgan fingerprint density at radius 2 is 1.95 bits per heavy atom. The molecule has 1 atom stereocenters. The molecule has 0 fully saturated rings. The quantitative estimate of drug-likeness (QED) is 0.757. The predicted molar refractivity (Wildman–Crippen MR) is 90.0 cm³/mol. The molecule has 0 aliphatic heterocycles. The molecule has 0 radical (unpaired) electrons. The van der Waals surface area contributed by atoms with E-state index in [0.717, 1.165) is 35.0 Å². The van der Waals surface area contributed by atoms with Crippen LogP contribution in [0.15, 0.2) is 46.9 Å². The van der Waals surface area contributed by atoms with Gasteiger partial charge in [0.25, 0.3) is 0 Å². The van der Waals surface area contributed by atoms with Crippen LogP contribution in [0.1, 0.15) is 36.1 Å². The fraction of sp³-hybridized carbons (Fsp3) is 0.333. The molecule has 1 nitrogen and oxygen atoms in total. The molecule has 0 aliphatic rings. The third-order valence-corrected chi connectivity index (χ3v) is 4.38. The summed E-state index contributed by atoms with van der Waals surface area (Å²) in [7, 11) is 0. The minimum atomic E-state index is -0.169. The van der Waals surface area contributed by atoms with Gasteiger partial charge in [-0.15, -0.1) is 0 Å². The van der Waals surface area contributed by atoms with Crippen LogP contribution in [0.25, 0.3) is 0 Å². The molecule has 1 unspecified atom stereocenters. The molecule has 0 spiro atoms. The summed E-state index contributed by atoms with van der Waals surface area (Å²) in [6, 6.07) is 13.4. The molecule has 2 aromatic rings. The normalized spacial score (nSPS) is 12.4. The Morgan fingerprint density at radius 1 is 1.19 bits per heavy atom. The van der Waals surface area contributed by atoms with Gasteiger partial charge < -0.3 is 5.32 Å². The summed E-state index contributed by atoms with van der Waals surface area (Å²) < 4.78 is 14.6. The van der Waals surface area contributed by atoms with E-state index < -0.39 is 0 Å². The van der Waals surface area contributed by atoms with E-state index in [1.807, 2.05) is 31.2 Å². The predicted octanol–water partition coefficient (Wildman–Crippen LogP) is 5.18. The second-order valence-electron chi connectivity index (χ2n) is 5.30. The summed E-state index contributed by atoms with van der Waals surface area (Å²) in [5.41, 5.74) is 3.40. The van der Waals surface area contributed by atoms with Crippen LogP contribution in [0, 0.1) is 12.7 Å². The van der Waals surface area contributed by atoms with Gasteiger partial charge in [0.05, 0.1) is 0 Å². The van der Waals surface area contributed by atoms with Crippen LogP contribution in [-0.4, -0.2) is 6.54 Å². The Morgan fingerprint density at radius 3 is 2.67 bits per heavy atom. The van der Waals surface area contributed by atoms with Gasteiger partial charge in [0.1, 0.15) is 5.82 Å². The summed E-state index contributed by atoms with van der Waals surface area (Å²) >= 11 is 3.62. The van der Waals surface area contributed by atoms with Crippen molar-refractivity contribution in [3.8, 4) is 0 Å². The molecular weight excluding hydrogens is 329 g/mol. The lowest BCUT2D eigenvalue weighted by Crippen LogP contribution is -2.24. The van der Waals surface area contributed by atoms with Gasteiger partial charge in [0.15, 0.2) is 0 Å². The van der Waals surface area contributed by atoms with Gasteiger partial charge in [-0.2, -0.15) is 0 Å².